The highest BCUT2D eigenvalue weighted by molar-refractivity contribution is 5.47. The van der Waals surface area contributed by atoms with Crippen LogP contribution in [0, 0.1) is 10.8 Å². The highest BCUT2D eigenvalue weighted by atomic mass is 19.4. The molecule has 4 rings (SSSR count). The maximum absolute atomic E-state index is 14.7. The lowest BCUT2D eigenvalue weighted by Crippen LogP contribution is -2.54. The van der Waals surface area contributed by atoms with Crippen molar-refractivity contribution in [2.45, 2.75) is 122 Å². The Kier molecular flexibility index (Phi) is 8.01. The van der Waals surface area contributed by atoms with Gasteiger partial charge in [0.25, 0.3) is 0 Å². The van der Waals surface area contributed by atoms with Crippen molar-refractivity contribution < 1.29 is 35.8 Å². The second kappa shape index (κ2) is 10.4. The fraction of sp³-hybridized carbons (Fsp3) is 0.636. The van der Waals surface area contributed by atoms with Crippen LogP contribution < -0.4 is 9.47 Å². The molecule has 2 aliphatic carbocycles. The first-order valence-electron chi connectivity index (χ1n) is 14.4. The molecule has 0 unspecified atom stereocenters. The lowest BCUT2D eigenvalue weighted by Gasteiger charge is -2.42. The van der Waals surface area contributed by atoms with Crippen molar-refractivity contribution in [3.05, 3.63) is 59.7 Å². The first-order valence-corrected chi connectivity index (χ1v) is 14.4. The molecule has 2 saturated carbocycles. The van der Waals surface area contributed by atoms with Crippen LogP contribution in [0.4, 0.5) is 26.3 Å². The second-order valence-corrected chi connectivity index (χ2v) is 14.2. The molecule has 0 aliphatic heterocycles. The zero-order valence-corrected chi connectivity index (χ0v) is 24.9. The van der Waals surface area contributed by atoms with Gasteiger partial charge in [0.1, 0.15) is 22.7 Å². The Morgan fingerprint density at radius 1 is 0.463 bits per heavy atom. The molecule has 2 nitrogen and oxygen atoms in total. The summed E-state index contributed by atoms with van der Waals surface area (Å²) in [5.74, 6) is 0.503. The number of hydrogen-bond acceptors (Lipinski definition) is 2. The molecule has 0 atom stereocenters. The molecule has 0 N–H and O–H groups in total. The molecule has 0 amide bonds. The lowest BCUT2D eigenvalue weighted by molar-refractivity contribution is -0.288. The summed E-state index contributed by atoms with van der Waals surface area (Å²) < 4.78 is 100. The fourth-order valence-corrected chi connectivity index (χ4v) is 6.21. The van der Waals surface area contributed by atoms with Crippen molar-refractivity contribution in [1.29, 1.82) is 0 Å². The van der Waals surface area contributed by atoms with E-state index in [1.807, 2.05) is 13.8 Å². The fourth-order valence-electron chi connectivity index (χ4n) is 6.21. The molecule has 0 radical (unpaired) electrons. The van der Waals surface area contributed by atoms with Crippen LogP contribution in [-0.2, 0) is 5.41 Å². The third kappa shape index (κ3) is 6.51. The first-order chi connectivity index (χ1) is 18.7. The Labute approximate surface area is 239 Å². The molecule has 2 aliphatic rings. The minimum Gasteiger partial charge on any atom is -0.488 e. The number of halogens is 6. The van der Waals surface area contributed by atoms with Crippen LogP contribution in [0.2, 0.25) is 0 Å². The van der Waals surface area contributed by atoms with Crippen LogP contribution >= 0.6 is 0 Å². The van der Waals surface area contributed by atoms with Crippen molar-refractivity contribution in [3.63, 3.8) is 0 Å². The maximum Gasteiger partial charge on any atom is 0.411 e. The quantitative estimate of drug-likeness (QED) is 0.315. The molecule has 41 heavy (non-hydrogen) atoms. The van der Waals surface area contributed by atoms with Crippen LogP contribution in [0.1, 0.15) is 104 Å². The minimum atomic E-state index is -5.65. The summed E-state index contributed by atoms with van der Waals surface area (Å²) in [5, 5.41) is 0. The molecule has 0 bridgehead atoms. The summed E-state index contributed by atoms with van der Waals surface area (Å²) in [6.45, 7) is 12.6. The van der Waals surface area contributed by atoms with Gasteiger partial charge < -0.3 is 9.47 Å². The Hall–Kier alpha value is -2.38. The van der Waals surface area contributed by atoms with Crippen molar-refractivity contribution in [2.24, 2.45) is 10.8 Å². The Morgan fingerprint density at radius 3 is 0.976 bits per heavy atom. The van der Waals surface area contributed by atoms with Gasteiger partial charge in [-0.05, 0) is 111 Å². The van der Waals surface area contributed by atoms with Crippen molar-refractivity contribution in [2.75, 3.05) is 0 Å². The van der Waals surface area contributed by atoms with E-state index < -0.39 is 40.1 Å². The van der Waals surface area contributed by atoms with E-state index in [0.29, 0.717) is 0 Å². The maximum atomic E-state index is 14.7. The second-order valence-electron chi connectivity index (χ2n) is 14.2. The molecule has 0 spiro atoms. The van der Waals surface area contributed by atoms with Gasteiger partial charge in [-0.1, -0.05) is 52.0 Å². The summed E-state index contributed by atoms with van der Waals surface area (Å²) in [6.07, 6.45) is -4.62. The van der Waals surface area contributed by atoms with E-state index in [1.165, 1.54) is 24.3 Å². The minimum absolute atomic E-state index is 0.178. The van der Waals surface area contributed by atoms with E-state index in [-0.39, 0.29) is 22.3 Å². The van der Waals surface area contributed by atoms with Gasteiger partial charge in [0.2, 0.25) is 5.41 Å². The summed E-state index contributed by atoms with van der Waals surface area (Å²) in [5.41, 5.74) is -6.72. The number of hydrogen-bond donors (Lipinski definition) is 0. The van der Waals surface area contributed by atoms with Gasteiger partial charge in [-0.15, -0.1) is 0 Å². The molecule has 2 aromatic carbocycles. The van der Waals surface area contributed by atoms with Gasteiger partial charge in [0, 0.05) is 0 Å². The predicted octanol–water partition coefficient (Wildman–Crippen LogP) is 10.6. The van der Waals surface area contributed by atoms with Crippen molar-refractivity contribution >= 4 is 0 Å². The van der Waals surface area contributed by atoms with E-state index >= 15 is 0 Å². The van der Waals surface area contributed by atoms with Crippen LogP contribution in [0.5, 0.6) is 11.5 Å². The van der Waals surface area contributed by atoms with Gasteiger partial charge in [-0.25, -0.2) is 0 Å². The molecule has 2 aromatic rings. The zero-order valence-electron chi connectivity index (χ0n) is 24.9. The average molecular weight is 585 g/mol. The van der Waals surface area contributed by atoms with Gasteiger partial charge in [0.15, 0.2) is 0 Å². The van der Waals surface area contributed by atoms with Crippen molar-refractivity contribution in [3.8, 4) is 11.5 Å². The van der Waals surface area contributed by atoms with E-state index in [1.54, 1.807) is 0 Å². The first kappa shape index (κ1) is 31.6. The summed E-state index contributed by atoms with van der Waals surface area (Å²) in [4.78, 5) is 0. The van der Waals surface area contributed by atoms with Crippen molar-refractivity contribution in [1.82, 2.24) is 0 Å². The lowest BCUT2D eigenvalue weighted by atomic mass is 9.71. The molecule has 0 heterocycles. The zero-order chi connectivity index (χ0) is 30.5. The summed E-state index contributed by atoms with van der Waals surface area (Å²) in [7, 11) is 0. The van der Waals surface area contributed by atoms with E-state index in [0.717, 1.165) is 75.6 Å². The number of benzene rings is 2. The molecular weight excluding hydrogens is 542 g/mol. The van der Waals surface area contributed by atoms with Crippen LogP contribution in [0.3, 0.4) is 0 Å². The van der Waals surface area contributed by atoms with Crippen LogP contribution in [0.15, 0.2) is 48.5 Å². The normalized spacial score (nSPS) is 22.1. The molecular formula is C33H42F6O2. The monoisotopic (exact) mass is 584 g/mol. The van der Waals surface area contributed by atoms with Gasteiger partial charge in [-0.2, -0.15) is 26.3 Å². The van der Waals surface area contributed by atoms with Crippen LogP contribution in [0.25, 0.3) is 0 Å². The van der Waals surface area contributed by atoms with E-state index in [9.17, 15) is 26.3 Å². The van der Waals surface area contributed by atoms with Crippen LogP contribution in [-0.4, -0.2) is 23.6 Å². The molecule has 8 heteroatoms. The largest absolute Gasteiger partial charge is 0.488 e. The number of rotatable bonds is 6. The topological polar surface area (TPSA) is 18.5 Å². The highest BCUT2D eigenvalue weighted by Gasteiger charge is 2.72. The Bertz CT molecular complexity index is 1080. The molecule has 0 aromatic heterocycles. The molecule has 2 fully saturated rings. The van der Waals surface area contributed by atoms with Gasteiger partial charge in [0.05, 0.1) is 0 Å². The Morgan fingerprint density at radius 2 is 0.732 bits per heavy atom. The number of ether oxygens (including phenoxy) is 2. The van der Waals surface area contributed by atoms with Gasteiger partial charge in [-0.3, -0.25) is 0 Å². The standard InChI is InChI=1S/C33H42F6O2/c1-27(2)15-19-29(5,20-16-27)40-25-11-7-23(8-12-25)31(32(34,35)36,33(37,38)39)24-9-13-26(14-10-24)41-30(6)21-17-28(3,4)18-22-30/h7-14H,15-22H2,1-6H3. The number of alkyl halides is 6. The van der Waals surface area contributed by atoms with Gasteiger partial charge >= 0.3 is 12.4 Å². The summed E-state index contributed by atoms with van der Waals surface area (Å²) in [6, 6.07) is 8.43. The third-order valence-electron chi connectivity index (χ3n) is 9.48. The molecule has 0 saturated heterocycles. The molecule has 228 valence electrons. The summed E-state index contributed by atoms with van der Waals surface area (Å²) >= 11 is 0. The SMILES string of the molecule is CC1(C)CCC(C)(Oc2ccc(C(c3ccc(OC4(C)CCC(C)(C)CC4)cc3)(C(F)(F)F)C(F)(F)F)cc2)CC1. The Balaban J connectivity index is 1.63. The third-order valence-corrected chi connectivity index (χ3v) is 9.48. The smallest absolute Gasteiger partial charge is 0.411 e. The van der Waals surface area contributed by atoms with E-state index in [4.69, 9.17) is 9.47 Å². The highest BCUT2D eigenvalue weighted by Crippen LogP contribution is 2.56. The van der Waals surface area contributed by atoms with E-state index in [2.05, 4.69) is 27.7 Å². The average Bonchev–Trinajstić information content (AvgIpc) is 2.84. The predicted molar refractivity (Wildman–Crippen MR) is 148 cm³/mol.